The average Bonchev–Trinajstić information content (AvgIpc) is 3.10. The van der Waals surface area contributed by atoms with Crippen molar-refractivity contribution in [2.24, 2.45) is 17.8 Å². The van der Waals surface area contributed by atoms with Crippen molar-refractivity contribution in [3.05, 3.63) is 35.9 Å². The van der Waals surface area contributed by atoms with Gasteiger partial charge < -0.3 is 41.3 Å². The lowest BCUT2D eigenvalue weighted by molar-refractivity contribution is -0.142. The molecule has 1 aromatic carbocycles. The van der Waals surface area contributed by atoms with Gasteiger partial charge in [0.25, 0.3) is 5.91 Å². The van der Waals surface area contributed by atoms with E-state index in [2.05, 4.69) is 26.6 Å². The first kappa shape index (κ1) is 43.1. The summed E-state index contributed by atoms with van der Waals surface area (Å²) >= 11 is 0. The zero-order valence-corrected chi connectivity index (χ0v) is 30.9. The number of Topliss-reactive ketones (excluding diaryl/α,β-unsaturated/α-hetero) is 1. The zero-order chi connectivity index (χ0) is 39.0. The van der Waals surface area contributed by atoms with E-state index in [-0.39, 0.29) is 43.1 Å². The Balaban J connectivity index is 2.14. The second kappa shape index (κ2) is 21.4. The molecule has 0 aromatic heterocycles. The number of likely N-dealkylation sites (tertiary alicyclic amines) is 1. The first-order valence-electron chi connectivity index (χ1n) is 17.7. The number of aliphatic carboxylic acids is 1. The van der Waals surface area contributed by atoms with Crippen LogP contribution in [0, 0.1) is 17.8 Å². The summed E-state index contributed by atoms with van der Waals surface area (Å²) in [6, 6.07) is 3.05. The second-order valence-corrected chi connectivity index (χ2v) is 13.8. The number of carboxylic acid groups (broad SMARTS) is 1. The first-order valence-corrected chi connectivity index (χ1v) is 17.7. The molecule has 0 saturated carbocycles. The van der Waals surface area contributed by atoms with Gasteiger partial charge in [-0.15, -0.1) is 0 Å². The molecule has 0 aliphatic carbocycles. The van der Waals surface area contributed by atoms with Gasteiger partial charge in [0.05, 0.1) is 19.2 Å². The van der Waals surface area contributed by atoms with Gasteiger partial charge in [0.1, 0.15) is 12.1 Å². The topological polar surface area (TPSA) is 229 Å². The van der Waals surface area contributed by atoms with E-state index in [4.69, 9.17) is 4.74 Å². The predicted molar refractivity (Wildman–Crippen MR) is 189 cm³/mol. The summed E-state index contributed by atoms with van der Waals surface area (Å²) in [6.45, 7) is 10.8. The van der Waals surface area contributed by atoms with Gasteiger partial charge in [0.2, 0.25) is 29.4 Å². The van der Waals surface area contributed by atoms with Gasteiger partial charge in [-0.2, -0.15) is 0 Å². The monoisotopic (exact) mass is 730 g/mol. The minimum atomic E-state index is -1.38. The molecule has 0 spiro atoms. The number of piperidine rings is 1. The van der Waals surface area contributed by atoms with Crippen LogP contribution in [0.2, 0.25) is 0 Å². The van der Waals surface area contributed by atoms with Gasteiger partial charge in [0.15, 0.2) is 6.04 Å². The largest absolute Gasteiger partial charge is 0.479 e. The summed E-state index contributed by atoms with van der Waals surface area (Å²) < 4.78 is 5.26. The van der Waals surface area contributed by atoms with E-state index in [1.807, 2.05) is 27.7 Å². The van der Waals surface area contributed by atoms with Crippen LogP contribution in [0.1, 0.15) is 85.3 Å². The number of ketones is 1. The molecule has 1 aromatic rings. The number of carbonyl (C=O) groups is 8. The average molecular weight is 731 g/mol. The predicted octanol–water partition coefficient (Wildman–Crippen LogP) is 1.44. The van der Waals surface area contributed by atoms with Crippen LogP contribution in [0.5, 0.6) is 0 Å². The minimum absolute atomic E-state index is 0.0536. The standard InChI is InChI=1S/C36H54N6O10/c1-7-11-26(31(45)34(48)37-19-28(44)40-30(35(49)50)24-12-9-8-10-13-24)38-32(46)27(18-21(2)3)39-33(47)29(41-36(51)52-20-22(4)5)25-14-16-42(17-15-25)23(6)43/h8-10,12-13,21-22,25-27,29-30H,7,11,14-20H2,1-6H3,(H,37,48)(H,38,46)(H,39,47)(H,40,44)(H,41,51)(H,49,50)/t26?,27-,29-,30?/m0/s1. The van der Waals surface area contributed by atoms with E-state index < -0.39 is 72.2 Å². The molecular weight excluding hydrogens is 676 g/mol. The molecule has 1 aliphatic rings. The molecule has 4 atom stereocenters. The fraction of sp³-hybridized carbons (Fsp3) is 0.611. The molecule has 0 radical (unpaired) electrons. The molecule has 288 valence electrons. The summed E-state index contributed by atoms with van der Waals surface area (Å²) in [6.07, 6.45) is 0.684. The quantitative estimate of drug-likeness (QED) is 0.112. The Hall–Kier alpha value is -5.02. The van der Waals surface area contributed by atoms with E-state index in [0.29, 0.717) is 37.9 Å². The van der Waals surface area contributed by atoms with Gasteiger partial charge in [0, 0.05) is 20.0 Å². The highest BCUT2D eigenvalue weighted by atomic mass is 16.5. The van der Waals surface area contributed by atoms with Crippen LogP contribution >= 0.6 is 0 Å². The van der Waals surface area contributed by atoms with Crippen molar-refractivity contribution < 1.29 is 48.2 Å². The van der Waals surface area contributed by atoms with E-state index >= 15 is 0 Å². The van der Waals surface area contributed by atoms with Crippen molar-refractivity contribution in [3.63, 3.8) is 0 Å². The number of ether oxygens (including phenoxy) is 1. The number of hydrogen-bond donors (Lipinski definition) is 6. The summed E-state index contributed by atoms with van der Waals surface area (Å²) in [5.41, 5.74) is 0.311. The Morgan fingerprint density at radius 3 is 2.00 bits per heavy atom. The van der Waals surface area contributed by atoms with Crippen LogP contribution in [-0.2, 0) is 38.3 Å². The van der Waals surface area contributed by atoms with E-state index in [1.165, 1.54) is 19.1 Å². The number of hydrogen-bond acceptors (Lipinski definition) is 9. The number of alkyl carbamates (subject to hydrolysis) is 1. The number of benzene rings is 1. The summed E-state index contributed by atoms with van der Waals surface area (Å²) in [5.74, 6) is -6.22. The van der Waals surface area contributed by atoms with E-state index in [1.54, 1.807) is 30.0 Å². The fourth-order valence-electron chi connectivity index (χ4n) is 5.70. The van der Waals surface area contributed by atoms with Gasteiger partial charge in [-0.05, 0) is 49.0 Å². The van der Waals surface area contributed by atoms with Crippen LogP contribution in [0.15, 0.2) is 30.3 Å². The Bertz CT molecular complexity index is 1410. The Kier molecular flexibility index (Phi) is 17.7. The molecule has 16 heteroatoms. The number of rotatable bonds is 19. The third-order valence-electron chi connectivity index (χ3n) is 8.43. The Morgan fingerprint density at radius 1 is 0.846 bits per heavy atom. The molecule has 1 aliphatic heterocycles. The molecule has 1 saturated heterocycles. The van der Waals surface area contributed by atoms with Crippen molar-refractivity contribution in [2.75, 3.05) is 26.2 Å². The molecule has 2 rings (SSSR count). The lowest BCUT2D eigenvalue weighted by atomic mass is 9.88. The highest BCUT2D eigenvalue weighted by Gasteiger charge is 2.37. The van der Waals surface area contributed by atoms with Crippen LogP contribution < -0.4 is 26.6 Å². The third-order valence-corrected chi connectivity index (χ3v) is 8.43. The summed E-state index contributed by atoms with van der Waals surface area (Å²) in [4.78, 5) is 104. The smallest absolute Gasteiger partial charge is 0.407 e. The molecule has 6 amide bonds. The third kappa shape index (κ3) is 14.3. The van der Waals surface area contributed by atoms with E-state index in [9.17, 15) is 43.5 Å². The van der Waals surface area contributed by atoms with Gasteiger partial charge in [-0.25, -0.2) is 9.59 Å². The van der Waals surface area contributed by atoms with Crippen molar-refractivity contribution in [3.8, 4) is 0 Å². The maximum Gasteiger partial charge on any atom is 0.407 e. The van der Waals surface area contributed by atoms with Crippen LogP contribution in [0.4, 0.5) is 4.79 Å². The summed E-state index contributed by atoms with van der Waals surface area (Å²) in [7, 11) is 0. The normalized spacial score (nSPS) is 15.4. The fourth-order valence-corrected chi connectivity index (χ4v) is 5.70. The van der Waals surface area contributed by atoms with Gasteiger partial charge >= 0.3 is 12.1 Å². The molecule has 16 nitrogen and oxygen atoms in total. The lowest BCUT2D eigenvalue weighted by Crippen LogP contribution is -2.59. The molecule has 2 unspecified atom stereocenters. The highest BCUT2D eigenvalue weighted by molar-refractivity contribution is 6.38. The summed E-state index contributed by atoms with van der Waals surface area (Å²) in [5, 5.41) is 22.0. The molecule has 0 bridgehead atoms. The zero-order valence-electron chi connectivity index (χ0n) is 30.9. The SMILES string of the molecule is CCCC(NC(=O)[C@H](CC(C)C)NC(=O)[C@@H](NC(=O)OCC(C)C)C1CCN(C(C)=O)CC1)C(=O)C(=O)NCC(=O)NC(C(=O)O)c1ccccc1. The van der Waals surface area contributed by atoms with Crippen LogP contribution in [-0.4, -0.2) is 102 Å². The number of amides is 6. The molecule has 6 N–H and O–H groups in total. The number of carboxylic acids is 1. The molecule has 52 heavy (non-hydrogen) atoms. The van der Waals surface area contributed by atoms with Crippen LogP contribution in [0.25, 0.3) is 0 Å². The first-order chi connectivity index (χ1) is 24.5. The number of carbonyl (C=O) groups excluding carboxylic acids is 7. The maximum absolute atomic E-state index is 13.8. The van der Waals surface area contributed by atoms with Crippen molar-refractivity contribution in [2.45, 2.75) is 97.8 Å². The minimum Gasteiger partial charge on any atom is -0.479 e. The van der Waals surface area contributed by atoms with Gasteiger partial charge in [-0.3, -0.25) is 28.8 Å². The maximum atomic E-state index is 13.8. The molecule has 1 heterocycles. The number of nitrogens with one attached hydrogen (secondary N) is 5. The number of nitrogens with zero attached hydrogens (tertiary/aromatic N) is 1. The Morgan fingerprint density at radius 2 is 1.46 bits per heavy atom. The Labute approximate surface area is 304 Å². The highest BCUT2D eigenvalue weighted by Crippen LogP contribution is 2.22. The van der Waals surface area contributed by atoms with Crippen LogP contribution in [0.3, 0.4) is 0 Å². The molecular formula is C36H54N6O10. The molecule has 1 fully saturated rings. The van der Waals surface area contributed by atoms with E-state index in [0.717, 1.165) is 0 Å². The van der Waals surface area contributed by atoms with Crippen molar-refractivity contribution in [1.82, 2.24) is 31.5 Å². The van der Waals surface area contributed by atoms with Gasteiger partial charge in [-0.1, -0.05) is 71.4 Å². The van der Waals surface area contributed by atoms with Crippen molar-refractivity contribution in [1.29, 1.82) is 0 Å². The second-order valence-electron chi connectivity index (χ2n) is 13.8. The van der Waals surface area contributed by atoms with Crippen molar-refractivity contribution >= 4 is 47.4 Å². The lowest BCUT2D eigenvalue weighted by Gasteiger charge is -2.35.